The maximum absolute atomic E-state index is 12.3. The number of alkyl carbamates (subject to hydrolysis) is 1. The summed E-state index contributed by atoms with van der Waals surface area (Å²) in [5.74, 6) is -1.06. The number of ether oxygens (including phenoxy) is 2. The Kier molecular flexibility index (Phi) is 9.29. The number of benzene rings is 1. The summed E-state index contributed by atoms with van der Waals surface area (Å²) in [6.07, 6.45) is 0.830. The number of amides is 2. The van der Waals surface area contributed by atoms with Gasteiger partial charge in [-0.3, -0.25) is 4.79 Å². The highest BCUT2D eigenvalue weighted by atomic mass is 16.6. The van der Waals surface area contributed by atoms with Gasteiger partial charge in [-0.1, -0.05) is 30.6 Å². The molecule has 2 amide bonds. The van der Waals surface area contributed by atoms with Crippen LogP contribution in [0.5, 0.6) is 0 Å². The molecule has 31 heavy (non-hydrogen) atoms. The number of nitrogens with one attached hydrogen (secondary N) is 2. The van der Waals surface area contributed by atoms with Crippen LogP contribution in [0.2, 0.25) is 0 Å². The molecule has 1 aliphatic rings. The summed E-state index contributed by atoms with van der Waals surface area (Å²) in [6, 6.07) is 7.89. The number of carbonyl (C=O) groups is 3. The summed E-state index contributed by atoms with van der Waals surface area (Å²) in [5, 5.41) is 17.9. The van der Waals surface area contributed by atoms with Crippen molar-refractivity contribution in [3.63, 3.8) is 0 Å². The third kappa shape index (κ3) is 7.62. The highest BCUT2D eigenvalue weighted by molar-refractivity contribution is 6.01. The van der Waals surface area contributed by atoms with E-state index >= 15 is 0 Å². The minimum atomic E-state index is -1.07. The molecule has 0 unspecified atom stereocenters. The SMILES string of the molecule is CCCCOC(=O)N[C@@H](CNC(=O)C[C@H]1CC(c2ccc(C#N)cc2)=NO1)C(=O)OC. The van der Waals surface area contributed by atoms with Crippen molar-refractivity contribution in [1.29, 1.82) is 5.26 Å². The van der Waals surface area contributed by atoms with Crippen molar-refractivity contribution >= 4 is 23.7 Å². The van der Waals surface area contributed by atoms with Crippen molar-refractivity contribution in [2.75, 3.05) is 20.3 Å². The third-order valence-corrected chi connectivity index (χ3v) is 4.51. The van der Waals surface area contributed by atoms with E-state index < -0.39 is 24.2 Å². The predicted molar refractivity (Wildman–Crippen MR) is 110 cm³/mol. The van der Waals surface area contributed by atoms with Crippen molar-refractivity contribution in [2.45, 2.75) is 44.8 Å². The lowest BCUT2D eigenvalue weighted by Crippen LogP contribution is -2.49. The van der Waals surface area contributed by atoms with Crippen LogP contribution in [0, 0.1) is 11.3 Å². The van der Waals surface area contributed by atoms with Gasteiger partial charge in [0.2, 0.25) is 5.91 Å². The van der Waals surface area contributed by atoms with Gasteiger partial charge in [0.05, 0.1) is 37.5 Å². The minimum absolute atomic E-state index is 0.0259. The number of esters is 1. The van der Waals surface area contributed by atoms with E-state index in [1.165, 1.54) is 7.11 Å². The first-order chi connectivity index (χ1) is 15.0. The Morgan fingerprint density at radius 3 is 2.71 bits per heavy atom. The van der Waals surface area contributed by atoms with E-state index in [0.29, 0.717) is 24.1 Å². The lowest BCUT2D eigenvalue weighted by atomic mass is 10.0. The van der Waals surface area contributed by atoms with Gasteiger partial charge in [0, 0.05) is 13.0 Å². The fraction of sp³-hybridized carbons (Fsp3) is 0.476. The lowest BCUT2D eigenvalue weighted by molar-refractivity contribution is -0.143. The number of nitrogens with zero attached hydrogens (tertiary/aromatic N) is 2. The zero-order valence-electron chi connectivity index (χ0n) is 17.6. The van der Waals surface area contributed by atoms with Crippen molar-refractivity contribution in [3.8, 4) is 6.07 Å². The molecule has 0 fully saturated rings. The van der Waals surface area contributed by atoms with Crippen LogP contribution >= 0.6 is 0 Å². The summed E-state index contributed by atoms with van der Waals surface area (Å²) in [7, 11) is 1.19. The molecule has 2 rings (SSSR count). The van der Waals surface area contributed by atoms with Gasteiger partial charge in [0.1, 0.15) is 12.1 Å². The van der Waals surface area contributed by atoms with Crippen LogP contribution in [0.15, 0.2) is 29.4 Å². The first-order valence-electron chi connectivity index (χ1n) is 9.97. The molecule has 0 saturated carbocycles. The Labute approximate surface area is 180 Å². The van der Waals surface area contributed by atoms with E-state index in [4.69, 9.17) is 14.8 Å². The molecule has 2 atom stereocenters. The number of unbranched alkanes of at least 4 members (excludes halogenated alkanes) is 1. The number of oxime groups is 1. The Hall–Kier alpha value is -3.61. The molecule has 1 aromatic carbocycles. The quantitative estimate of drug-likeness (QED) is 0.425. The van der Waals surface area contributed by atoms with E-state index in [-0.39, 0.29) is 25.5 Å². The van der Waals surface area contributed by atoms with Gasteiger partial charge in [0.25, 0.3) is 0 Å². The largest absolute Gasteiger partial charge is 0.467 e. The molecule has 10 heteroatoms. The van der Waals surface area contributed by atoms with Crippen molar-refractivity contribution < 1.29 is 28.7 Å². The molecule has 0 aliphatic carbocycles. The Bertz CT molecular complexity index is 846. The molecule has 0 bridgehead atoms. The summed E-state index contributed by atoms with van der Waals surface area (Å²) in [6.45, 7) is 2.05. The monoisotopic (exact) mass is 430 g/mol. The highest BCUT2D eigenvalue weighted by Crippen LogP contribution is 2.19. The lowest BCUT2D eigenvalue weighted by Gasteiger charge is -2.17. The second kappa shape index (κ2) is 12.2. The molecule has 1 aromatic rings. The second-order valence-electron chi connectivity index (χ2n) is 6.88. The normalized spacial score (nSPS) is 15.6. The zero-order chi connectivity index (χ0) is 22.6. The highest BCUT2D eigenvalue weighted by Gasteiger charge is 2.27. The van der Waals surface area contributed by atoms with Crippen LogP contribution in [0.4, 0.5) is 4.79 Å². The number of hydrogen-bond acceptors (Lipinski definition) is 8. The smallest absolute Gasteiger partial charge is 0.407 e. The summed E-state index contributed by atoms with van der Waals surface area (Å²) in [5.41, 5.74) is 2.05. The average Bonchev–Trinajstić information content (AvgIpc) is 3.24. The minimum Gasteiger partial charge on any atom is -0.467 e. The summed E-state index contributed by atoms with van der Waals surface area (Å²) in [4.78, 5) is 41.2. The maximum Gasteiger partial charge on any atom is 0.407 e. The molecule has 0 spiro atoms. The van der Waals surface area contributed by atoms with E-state index in [1.807, 2.05) is 13.0 Å². The summed E-state index contributed by atoms with van der Waals surface area (Å²) < 4.78 is 9.63. The number of nitriles is 1. The molecule has 10 nitrogen and oxygen atoms in total. The molecule has 0 saturated heterocycles. The molecule has 2 N–H and O–H groups in total. The van der Waals surface area contributed by atoms with E-state index in [1.54, 1.807) is 24.3 Å². The first-order valence-corrected chi connectivity index (χ1v) is 9.97. The fourth-order valence-electron chi connectivity index (χ4n) is 2.77. The first kappa shape index (κ1) is 23.7. The van der Waals surface area contributed by atoms with Crippen LogP contribution in [-0.2, 0) is 23.9 Å². The number of carbonyl (C=O) groups excluding carboxylic acids is 3. The van der Waals surface area contributed by atoms with Crippen molar-refractivity contribution in [3.05, 3.63) is 35.4 Å². The van der Waals surface area contributed by atoms with Crippen molar-refractivity contribution in [1.82, 2.24) is 10.6 Å². The molecule has 166 valence electrons. The van der Waals surface area contributed by atoms with Crippen LogP contribution < -0.4 is 10.6 Å². The van der Waals surface area contributed by atoms with Crippen LogP contribution in [-0.4, -0.2) is 56.1 Å². The van der Waals surface area contributed by atoms with Gasteiger partial charge in [-0.15, -0.1) is 0 Å². The molecule has 0 radical (unpaired) electrons. The summed E-state index contributed by atoms with van der Waals surface area (Å²) >= 11 is 0. The van der Waals surface area contributed by atoms with Crippen LogP contribution in [0.3, 0.4) is 0 Å². The standard InChI is InChI=1S/C21H26N4O6/c1-3-4-9-30-21(28)24-18(20(27)29-2)13-23-19(26)11-16-10-17(25-31-16)15-7-5-14(12-22)6-8-15/h5-8,16,18H,3-4,9-11,13H2,1-2H3,(H,23,26)(H,24,28)/t16-,18+/m1/s1. The van der Waals surface area contributed by atoms with E-state index in [9.17, 15) is 14.4 Å². The van der Waals surface area contributed by atoms with Gasteiger partial charge in [-0.25, -0.2) is 9.59 Å². The van der Waals surface area contributed by atoms with Crippen LogP contribution in [0.1, 0.15) is 43.7 Å². The molecular formula is C21H26N4O6. The van der Waals surface area contributed by atoms with Gasteiger partial charge >= 0.3 is 12.1 Å². The van der Waals surface area contributed by atoms with Crippen molar-refractivity contribution in [2.24, 2.45) is 5.16 Å². The topological polar surface area (TPSA) is 139 Å². The number of hydrogen-bond donors (Lipinski definition) is 2. The predicted octanol–water partition coefficient (Wildman–Crippen LogP) is 1.63. The Balaban J connectivity index is 1.79. The van der Waals surface area contributed by atoms with Gasteiger partial charge < -0.3 is 24.9 Å². The second-order valence-corrected chi connectivity index (χ2v) is 6.88. The third-order valence-electron chi connectivity index (χ3n) is 4.51. The van der Waals surface area contributed by atoms with Crippen LogP contribution in [0.25, 0.3) is 0 Å². The Morgan fingerprint density at radius 1 is 1.32 bits per heavy atom. The molecule has 1 aliphatic heterocycles. The maximum atomic E-state index is 12.3. The Morgan fingerprint density at radius 2 is 2.06 bits per heavy atom. The molecule has 0 aromatic heterocycles. The van der Waals surface area contributed by atoms with Gasteiger partial charge in [-0.2, -0.15) is 5.26 Å². The van der Waals surface area contributed by atoms with E-state index in [0.717, 1.165) is 12.0 Å². The van der Waals surface area contributed by atoms with E-state index in [2.05, 4.69) is 20.5 Å². The number of rotatable bonds is 10. The fourth-order valence-corrected chi connectivity index (χ4v) is 2.77. The molecule has 1 heterocycles. The molecular weight excluding hydrogens is 404 g/mol. The van der Waals surface area contributed by atoms with Gasteiger partial charge in [-0.05, 0) is 24.1 Å². The average molecular weight is 430 g/mol. The number of methoxy groups -OCH3 is 1. The zero-order valence-corrected chi connectivity index (χ0v) is 17.6. The van der Waals surface area contributed by atoms with Gasteiger partial charge in [0.15, 0.2) is 0 Å².